The number of amides is 1. The van der Waals surface area contributed by atoms with Gasteiger partial charge in [-0.3, -0.25) is 9.48 Å². The van der Waals surface area contributed by atoms with Gasteiger partial charge in [0, 0.05) is 30.9 Å². The van der Waals surface area contributed by atoms with E-state index in [2.05, 4.69) is 5.10 Å². The van der Waals surface area contributed by atoms with E-state index in [-0.39, 0.29) is 5.91 Å². The van der Waals surface area contributed by atoms with Crippen LogP contribution in [0.3, 0.4) is 0 Å². The lowest BCUT2D eigenvalue weighted by Crippen LogP contribution is -2.50. The van der Waals surface area contributed by atoms with Gasteiger partial charge in [-0.2, -0.15) is 5.10 Å². The lowest BCUT2D eigenvalue weighted by Gasteiger charge is -2.39. The molecule has 2 aromatic heterocycles. The zero-order valence-corrected chi connectivity index (χ0v) is 12.5. The highest BCUT2D eigenvalue weighted by Gasteiger charge is 2.37. The molecule has 0 radical (unpaired) electrons. The molecule has 3 heterocycles. The molecular formula is C15H19N3O3. The van der Waals surface area contributed by atoms with Crippen LogP contribution in [0.1, 0.15) is 28.6 Å². The van der Waals surface area contributed by atoms with Crippen molar-refractivity contribution in [1.82, 2.24) is 14.7 Å². The molecule has 6 heteroatoms. The second-order valence-electron chi connectivity index (χ2n) is 5.64. The monoisotopic (exact) mass is 289 g/mol. The standard InChI is InChI=1S/C15H19N3O3/c1-11-4-6-20-13(11)14(19)18-5-7-21-15(2,10-18)12-8-16-17(3)9-12/h4,6,8-9H,5,7,10H2,1-3H3. The number of carbonyl (C=O) groups is 1. The van der Waals surface area contributed by atoms with Crippen LogP contribution in [0.4, 0.5) is 0 Å². The summed E-state index contributed by atoms with van der Waals surface area (Å²) in [5.74, 6) is 0.321. The maximum atomic E-state index is 12.6. The summed E-state index contributed by atoms with van der Waals surface area (Å²) in [6, 6.07) is 1.80. The van der Waals surface area contributed by atoms with Crippen molar-refractivity contribution in [3.8, 4) is 0 Å². The zero-order valence-electron chi connectivity index (χ0n) is 12.5. The van der Waals surface area contributed by atoms with Crippen LogP contribution in [-0.4, -0.2) is 40.3 Å². The summed E-state index contributed by atoms with van der Waals surface area (Å²) in [6.07, 6.45) is 5.25. The predicted octanol–water partition coefficient (Wildman–Crippen LogP) is 1.71. The lowest BCUT2D eigenvalue weighted by molar-refractivity contribution is -0.0935. The van der Waals surface area contributed by atoms with Crippen molar-refractivity contribution < 1.29 is 13.9 Å². The van der Waals surface area contributed by atoms with Gasteiger partial charge in [0.2, 0.25) is 0 Å². The van der Waals surface area contributed by atoms with Crippen molar-refractivity contribution in [2.24, 2.45) is 7.05 Å². The molecule has 1 fully saturated rings. The van der Waals surface area contributed by atoms with Crippen LogP contribution < -0.4 is 0 Å². The van der Waals surface area contributed by atoms with Gasteiger partial charge in [-0.25, -0.2) is 0 Å². The number of carbonyl (C=O) groups excluding carboxylic acids is 1. The molecule has 1 atom stereocenters. The number of ether oxygens (including phenoxy) is 1. The van der Waals surface area contributed by atoms with Gasteiger partial charge in [0.1, 0.15) is 5.60 Å². The first kappa shape index (κ1) is 13.9. The molecule has 0 bridgehead atoms. The highest BCUT2D eigenvalue weighted by Crippen LogP contribution is 2.30. The van der Waals surface area contributed by atoms with E-state index in [4.69, 9.17) is 9.15 Å². The first-order chi connectivity index (χ1) is 9.99. The minimum Gasteiger partial charge on any atom is -0.459 e. The number of nitrogens with zero attached hydrogens (tertiary/aromatic N) is 3. The largest absolute Gasteiger partial charge is 0.459 e. The fraction of sp³-hybridized carbons (Fsp3) is 0.467. The fourth-order valence-corrected chi connectivity index (χ4v) is 2.65. The van der Waals surface area contributed by atoms with E-state index in [0.717, 1.165) is 11.1 Å². The predicted molar refractivity (Wildman–Crippen MR) is 75.9 cm³/mol. The van der Waals surface area contributed by atoms with Gasteiger partial charge in [0.05, 0.1) is 25.6 Å². The molecule has 112 valence electrons. The number of morpholine rings is 1. The molecule has 0 spiro atoms. The Kier molecular flexibility index (Phi) is 3.33. The Morgan fingerprint density at radius 2 is 2.29 bits per heavy atom. The average Bonchev–Trinajstić information content (AvgIpc) is 3.07. The summed E-state index contributed by atoms with van der Waals surface area (Å²) < 4.78 is 13.0. The Hall–Kier alpha value is -2.08. The summed E-state index contributed by atoms with van der Waals surface area (Å²) in [5, 5.41) is 4.19. The topological polar surface area (TPSA) is 60.5 Å². The molecule has 6 nitrogen and oxygen atoms in total. The van der Waals surface area contributed by atoms with Crippen molar-refractivity contribution >= 4 is 5.91 Å². The minimum atomic E-state index is -0.539. The second-order valence-corrected chi connectivity index (χ2v) is 5.64. The average molecular weight is 289 g/mol. The van der Waals surface area contributed by atoms with E-state index < -0.39 is 5.60 Å². The Bertz CT molecular complexity index is 661. The number of hydrogen-bond donors (Lipinski definition) is 0. The Morgan fingerprint density at radius 1 is 1.48 bits per heavy atom. The van der Waals surface area contributed by atoms with Crippen molar-refractivity contribution in [1.29, 1.82) is 0 Å². The highest BCUT2D eigenvalue weighted by molar-refractivity contribution is 5.93. The van der Waals surface area contributed by atoms with Crippen molar-refractivity contribution in [3.05, 3.63) is 41.6 Å². The third-order valence-corrected chi connectivity index (χ3v) is 3.93. The number of rotatable bonds is 2. The smallest absolute Gasteiger partial charge is 0.290 e. The molecule has 0 N–H and O–H groups in total. The molecule has 1 unspecified atom stereocenters. The summed E-state index contributed by atoms with van der Waals surface area (Å²) in [6.45, 7) is 5.40. The molecule has 1 amide bonds. The van der Waals surface area contributed by atoms with Crippen molar-refractivity contribution in [2.75, 3.05) is 19.7 Å². The van der Waals surface area contributed by atoms with Crippen LogP contribution in [0.2, 0.25) is 0 Å². The van der Waals surface area contributed by atoms with Crippen LogP contribution in [0, 0.1) is 6.92 Å². The van der Waals surface area contributed by atoms with E-state index in [0.29, 0.717) is 25.5 Å². The summed E-state index contributed by atoms with van der Waals surface area (Å²) in [7, 11) is 1.87. The van der Waals surface area contributed by atoms with Crippen LogP contribution in [0.5, 0.6) is 0 Å². The van der Waals surface area contributed by atoms with E-state index in [9.17, 15) is 4.79 Å². The summed E-state index contributed by atoms with van der Waals surface area (Å²) in [5.41, 5.74) is 1.29. The maximum Gasteiger partial charge on any atom is 0.290 e. The van der Waals surface area contributed by atoms with Crippen molar-refractivity contribution in [2.45, 2.75) is 19.4 Å². The van der Waals surface area contributed by atoms with Gasteiger partial charge in [-0.1, -0.05) is 0 Å². The Balaban J connectivity index is 1.83. The minimum absolute atomic E-state index is 0.0871. The molecule has 2 aromatic rings. The molecular weight excluding hydrogens is 270 g/mol. The number of hydrogen-bond acceptors (Lipinski definition) is 4. The Labute approximate surface area is 123 Å². The third kappa shape index (κ3) is 2.47. The SMILES string of the molecule is Cc1ccoc1C(=O)N1CCOC(C)(c2cnn(C)c2)C1. The van der Waals surface area contributed by atoms with Crippen LogP contribution in [-0.2, 0) is 17.4 Å². The molecule has 1 saturated heterocycles. The van der Waals surface area contributed by atoms with E-state index >= 15 is 0 Å². The quantitative estimate of drug-likeness (QED) is 0.844. The highest BCUT2D eigenvalue weighted by atomic mass is 16.5. The third-order valence-electron chi connectivity index (χ3n) is 3.93. The van der Waals surface area contributed by atoms with Gasteiger partial charge in [0.25, 0.3) is 5.91 Å². The first-order valence-electron chi connectivity index (χ1n) is 6.96. The van der Waals surface area contributed by atoms with E-state index in [1.807, 2.05) is 27.1 Å². The number of aryl methyl sites for hydroxylation is 2. The molecule has 0 aliphatic carbocycles. The van der Waals surface area contributed by atoms with Crippen LogP contribution in [0.25, 0.3) is 0 Å². The second kappa shape index (κ2) is 5.04. The van der Waals surface area contributed by atoms with E-state index in [1.54, 1.807) is 28.1 Å². The van der Waals surface area contributed by atoms with E-state index in [1.165, 1.54) is 0 Å². The van der Waals surface area contributed by atoms with Gasteiger partial charge < -0.3 is 14.1 Å². The van der Waals surface area contributed by atoms with Gasteiger partial charge in [-0.15, -0.1) is 0 Å². The normalized spacial score (nSPS) is 22.5. The number of furan rings is 1. The maximum absolute atomic E-state index is 12.6. The lowest BCUT2D eigenvalue weighted by atomic mass is 9.96. The molecule has 3 rings (SSSR count). The molecule has 0 saturated carbocycles. The Morgan fingerprint density at radius 3 is 2.90 bits per heavy atom. The van der Waals surface area contributed by atoms with Crippen LogP contribution >= 0.6 is 0 Å². The zero-order chi connectivity index (χ0) is 15.0. The first-order valence-corrected chi connectivity index (χ1v) is 6.96. The molecule has 0 aromatic carbocycles. The van der Waals surface area contributed by atoms with Crippen molar-refractivity contribution in [3.63, 3.8) is 0 Å². The molecule has 1 aliphatic heterocycles. The fourth-order valence-electron chi connectivity index (χ4n) is 2.65. The molecule has 1 aliphatic rings. The van der Waals surface area contributed by atoms with Gasteiger partial charge in [-0.05, 0) is 19.9 Å². The van der Waals surface area contributed by atoms with Gasteiger partial charge >= 0.3 is 0 Å². The molecule has 21 heavy (non-hydrogen) atoms. The number of aromatic nitrogens is 2. The van der Waals surface area contributed by atoms with Crippen LogP contribution in [0.15, 0.2) is 29.1 Å². The summed E-state index contributed by atoms with van der Waals surface area (Å²) >= 11 is 0. The van der Waals surface area contributed by atoms with Gasteiger partial charge in [0.15, 0.2) is 5.76 Å². The summed E-state index contributed by atoms with van der Waals surface area (Å²) in [4.78, 5) is 14.3.